The maximum atomic E-state index is 13.3. The first-order valence-corrected chi connectivity index (χ1v) is 13.0. The fourth-order valence-corrected chi connectivity index (χ4v) is 4.82. The number of nitrogens with one attached hydrogen (secondary N) is 4. The summed E-state index contributed by atoms with van der Waals surface area (Å²) in [7, 11) is 0. The number of hydrogen-bond donors (Lipinski definition) is 5. The lowest BCUT2D eigenvalue weighted by Gasteiger charge is -2.27. The quantitative estimate of drug-likeness (QED) is 0.268. The van der Waals surface area contributed by atoms with Crippen LogP contribution in [0.15, 0.2) is 42.5 Å². The van der Waals surface area contributed by atoms with Gasteiger partial charge in [-0.05, 0) is 47.9 Å². The molecule has 1 saturated heterocycles. The van der Waals surface area contributed by atoms with E-state index in [2.05, 4.69) is 21.3 Å². The highest BCUT2D eigenvalue weighted by Gasteiger charge is 2.31. The Bertz CT molecular complexity index is 1160. The lowest BCUT2D eigenvalue weighted by Crippen LogP contribution is -2.56. The van der Waals surface area contributed by atoms with Gasteiger partial charge in [0.25, 0.3) is 0 Å². The molecule has 1 aliphatic rings. The first-order chi connectivity index (χ1) is 18.2. The molecule has 2 aromatic rings. The van der Waals surface area contributed by atoms with Crippen molar-refractivity contribution < 1.29 is 29.1 Å². The third-order valence-corrected chi connectivity index (χ3v) is 6.69. The molecule has 4 atom stereocenters. The van der Waals surface area contributed by atoms with Gasteiger partial charge >= 0.3 is 6.09 Å². The van der Waals surface area contributed by atoms with Crippen molar-refractivity contribution in [3.05, 3.63) is 48.0 Å². The third-order valence-electron chi connectivity index (χ3n) is 6.69. The maximum Gasteiger partial charge on any atom is 0.405 e. The normalized spacial score (nSPS) is 17.7. The Morgan fingerprint density at radius 1 is 1.03 bits per heavy atom. The van der Waals surface area contributed by atoms with Crippen molar-refractivity contribution in [3.63, 3.8) is 0 Å². The molecule has 0 bridgehead atoms. The summed E-state index contributed by atoms with van der Waals surface area (Å²) in [6, 6.07) is 10.2. The molecule has 204 valence electrons. The van der Waals surface area contributed by atoms with Gasteiger partial charge in [0.15, 0.2) is 0 Å². The number of amides is 4. The molecule has 4 amide bonds. The summed E-state index contributed by atoms with van der Waals surface area (Å²) in [5.41, 5.74) is 0.786. The van der Waals surface area contributed by atoms with Crippen molar-refractivity contribution in [1.82, 2.24) is 21.3 Å². The summed E-state index contributed by atoms with van der Waals surface area (Å²) < 4.78 is 0. The average Bonchev–Trinajstić information content (AvgIpc) is 2.88. The largest absolute Gasteiger partial charge is 0.465 e. The minimum Gasteiger partial charge on any atom is -0.465 e. The number of rotatable bonds is 12. The smallest absolute Gasteiger partial charge is 0.405 e. The Balaban J connectivity index is 1.74. The molecule has 3 unspecified atom stereocenters. The van der Waals surface area contributed by atoms with Gasteiger partial charge in [-0.25, -0.2) is 4.79 Å². The number of hydrogen-bond acceptors (Lipinski definition) is 5. The van der Waals surface area contributed by atoms with Crippen molar-refractivity contribution >= 4 is 40.9 Å². The number of carbonyl (C=O) groups excluding carboxylic acids is 4. The van der Waals surface area contributed by atoms with Gasteiger partial charge in [-0.3, -0.25) is 14.4 Å². The van der Waals surface area contributed by atoms with Gasteiger partial charge in [0, 0.05) is 18.9 Å². The van der Waals surface area contributed by atoms with Gasteiger partial charge in [-0.15, -0.1) is 0 Å². The molecular formula is C28H36N4O6. The minimum absolute atomic E-state index is 0.0220. The van der Waals surface area contributed by atoms with E-state index in [0.29, 0.717) is 19.3 Å². The van der Waals surface area contributed by atoms with Crippen LogP contribution in [0.3, 0.4) is 0 Å². The van der Waals surface area contributed by atoms with Crippen molar-refractivity contribution in [2.24, 2.45) is 11.8 Å². The minimum atomic E-state index is -1.36. The van der Waals surface area contributed by atoms with Crippen molar-refractivity contribution in [2.45, 2.75) is 64.1 Å². The maximum absolute atomic E-state index is 13.3. The Morgan fingerprint density at radius 2 is 1.74 bits per heavy atom. The number of benzene rings is 2. The summed E-state index contributed by atoms with van der Waals surface area (Å²) in [5.74, 6) is -1.69. The summed E-state index contributed by atoms with van der Waals surface area (Å²) in [5, 5.41) is 21.7. The average molecular weight is 525 g/mol. The number of aldehydes is 1. The van der Waals surface area contributed by atoms with Crippen LogP contribution in [0.4, 0.5) is 4.79 Å². The van der Waals surface area contributed by atoms with E-state index < -0.39 is 36.0 Å². The van der Waals surface area contributed by atoms with E-state index in [4.69, 9.17) is 0 Å². The molecule has 0 aromatic heterocycles. The Morgan fingerprint density at radius 3 is 2.42 bits per heavy atom. The van der Waals surface area contributed by atoms with Crippen molar-refractivity contribution in [3.8, 4) is 0 Å². The molecular weight excluding hydrogens is 488 g/mol. The molecule has 0 spiro atoms. The van der Waals surface area contributed by atoms with Crippen LogP contribution in [0.5, 0.6) is 0 Å². The summed E-state index contributed by atoms with van der Waals surface area (Å²) in [6.45, 7) is 4.37. The number of carbonyl (C=O) groups is 5. The second-order valence-corrected chi connectivity index (χ2v) is 10.2. The first kappa shape index (κ1) is 28.6. The van der Waals surface area contributed by atoms with Crippen molar-refractivity contribution in [1.29, 1.82) is 0 Å². The predicted molar refractivity (Wildman–Crippen MR) is 142 cm³/mol. The fourth-order valence-electron chi connectivity index (χ4n) is 4.82. The van der Waals surface area contributed by atoms with Gasteiger partial charge in [-0.1, -0.05) is 56.3 Å². The van der Waals surface area contributed by atoms with E-state index in [1.807, 2.05) is 56.3 Å². The van der Waals surface area contributed by atoms with Crippen LogP contribution in [0.25, 0.3) is 10.8 Å². The molecule has 2 aromatic carbocycles. The van der Waals surface area contributed by atoms with E-state index in [-0.39, 0.29) is 37.0 Å². The standard InChI is InChI=1S/C28H36N4O6/c1-17(2)13-23(26(35)30-21(16-33)14-20-10-6-12-29-25(20)34)31-27(36)24(32-28(37)38)15-19-9-5-8-18-7-3-4-11-22(18)19/h3-5,7-9,11,16-17,20-21,23-24,32H,6,10,12-15H2,1-2H3,(H,29,34)(H,30,35)(H,31,36)(H,37,38)/t20-,21?,23?,24?/m0/s1. The molecule has 1 fully saturated rings. The van der Waals surface area contributed by atoms with Gasteiger partial charge in [0.05, 0.1) is 6.04 Å². The Hall–Kier alpha value is -3.95. The van der Waals surface area contributed by atoms with Crippen LogP contribution in [0.2, 0.25) is 0 Å². The van der Waals surface area contributed by atoms with Crippen molar-refractivity contribution in [2.75, 3.05) is 6.54 Å². The van der Waals surface area contributed by atoms with E-state index in [9.17, 15) is 29.1 Å². The lowest BCUT2D eigenvalue weighted by atomic mass is 9.91. The van der Waals surface area contributed by atoms with Crippen LogP contribution in [0, 0.1) is 11.8 Å². The summed E-state index contributed by atoms with van der Waals surface area (Å²) >= 11 is 0. The van der Waals surface area contributed by atoms with E-state index >= 15 is 0 Å². The molecule has 1 heterocycles. The van der Waals surface area contributed by atoms with Gasteiger partial charge in [0.1, 0.15) is 18.4 Å². The van der Waals surface area contributed by atoms with E-state index in [1.165, 1.54) is 0 Å². The summed E-state index contributed by atoms with van der Waals surface area (Å²) in [6.07, 6.45) is 1.22. The summed E-state index contributed by atoms with van der Waals surface area (Å²) in [4.78, 5) is 61.8. The second-order valence-electron chi connectivity index (χ2n) is 10.2. The molecule has 10 nitrogen and oxygen atoms in total. The zero-order valence-corrected chi connectivity index (χ0v) is 21.7. The lowest BCUT2D eigenvalue weighted by molar-refractivity contribution is -0.132. The van der Waals surface area contributed by atoms with Crippen LogP contribution in [-0.2, 0) is 25.6 Å². The van der Waals surface area contributed by atoms with E-state index in [1.54, 1.807) is 0 Å². The monoisotopic (exact) mass is 524 g/mol. The Kier molecular flexibility index (Phi) is 10.2. The molecule has 0 aliphatic carbocycles. The van der Waals surface area contributed by atoms with Crippen LogP contribution < -0.4 is 21.3 Å². The fraction of sp³-hybridized carbons (Fsp3) is 0.464. The molecule has 0 radical (unpaired) electrons. The second kappa shape index (κ2) is 13.6. The predicted octanol–water partition coefficient (Wildman–Crippen LogP) is 2.15. The number of fused-ring (bicyclic) bond motifs is 1. The molecule has 3 rings (SSSR count). The van der Waals surface area contributed by atoms with Crippen LogP contribution in [0.1, 0.15) is 45.1 Å². The highest BCUT2D eigenvalue weighted by Crippen LogP contribution is 2.20. The van der Waals surface area contributed by atoms with Gasteiger partial charge in [0.2, 0.25) is 17.7 Å². The zero-order valence-electron chi connectivity index (χ0n) is 21.7. The van der Waals surface area contributed by atoms with Gasteiger partial charge in [-0.2, -0.15) is 0 Å². The third kappa shape index (κ3) is 8.03. The number of piperidine rings is 1. The van der Waals surface area contributed by atoms with Crippen LogP contribution >= 0.6 is 0 Å². The molecule has 0 saturated carbocycles. The highest BCUT2D eigenvalue weighted by atomic mass is 16.4. The molecule has 1 aliphatic heterocycles. The SMILES string of the molecule is CC(C)CC(NC(=O)C(Cc1cccc2ccccc12)NC(=O)O)C(=O)NC(C=O)C[C@@H]1CCCNC1=O. The zero-order chi connectivity index (χ0) is 27.7. The molecule has 38 heavy (non-hydrogen) atoms. The Labute approximate surface area is 221 Å². The van der Waals surface area contributed by atoms with Crippen LogP contribution in [-0.4, -0.2) is 59.9 Å². The molecule has 10 heteroatoms. The van der Waals surface area contributed by atoms with E-state index in [0.717, 1.165) is 22.8 Å². The first-order valence-electron chi connectivity index (χ1n) is 13.0. The number of carboxylic acid groups (broad SMARTS) is 1. The van der Waals surface area contributed by atoms with Gasteiger partial charge < -0.3 is 31.2 Å². The highest BCUT2D eigenvalue weighted by molar-refractivity contribution is 5.93. The topological polar surface area (TPSA) is 154 Å². The molecule has 5 N–H and O–H groups in total.